The van der Waals surface area contributed by atoms with E-state index in [0.717, 1.165) is 25.8 Å². The van der Waals surface area contributed by atoms with Gasteiger partial charge in [-0.2, -0.15) is 0 Å². The zero-order valence-corrected chi connectivity index (χ0v) is 8.44. The van der Waals surface area contributed by atoms with Gasteiger partial charge in [-0.1, -0.05) is 0 Å². The molecule has 15 heavy (non-hydrogen) atoms. The van der Waals surface area contributed by atoms with Crippen LogP contribution in [0.3, 0.4) is 0 Å². The Balaban J connectivity index is 2.01. The molecule has 80 valence electrons. The first-order chi connectivity index (χ1) is 7.36. The Bertz CT molecular complexity index is 327. The van der Waals surface area contributed by atoms with Gasteiger partial charge in [-0.25, -0.2) is 9.97 Å². The third-order valence-corrected chi connectivity index (χ3v) is 2.40. The van der Waals surface area contributed by atoms with Gasteiger partial charge >= 0.3 is 0 Å². The van der Waals surface area contributed by atoms with Crippen LogP contribution in [0.2, 0.25) is 0 Å². The molecule has 5 heteroatoms. The number of rotatable bonds is 2. The van der Waals surface area contributed by atoms with Crippen LogP contribution in [0.1, 0.15) is 19.3 Å². The molecule has 1 aliphatic heterocycles. The van der Waals surface area contributed by atoms with Gasteiger partial charge in [0.25, 0.3) is 0 Å². The zero-order valence-electron chi connectivity index (χ0n) is 8.44. The van der Waals surface area contributed by atoms with Crippen molar-refractivity contribution in [1.29, 1.82) is 0 Å². The second-order valence-electron chi connectivity index (χ2n) is 3.56. The predicted octanol–water partition coefficient (Wildman–Crippen LogP) is 0.557. The molecule has 0 aliphatic carbocycles. The number of nitrogens with one attached hydrogen (secondary N) is 2. The summed E-state index contributed by atoms with van der Waals surface area (Å²) in [6, 6.07) is 1.55. The van der Waals surface area contributed by atoms with E-state index in [4.69, 9.17) is 0 Å². The van der Waals surface area contributed by atoms with E-state index in [1.807, 2.05) is 0 Å². The second kappa shape index (κ2) is 4.72. The highest BCUT2D eigenvalue weighted by Crippen LogP contribution is 2.09. The number of hydrogen-bond acceptors (Lipinski definition) is 4. The summed E-state index contributed by atoms with van der Waals surface area (Å²) < 4.78 is 0. The monoisotopic (exact) mass is 206 g/mol. The highest BCUT2D eigenvalue weighted by Gasteiger charge is 2.20. The fourth-order valence-corrected chi connectivity index (χ4v) is 1.61. The molecule has 0 spiro atoms. The topological polar surface area (TPSA) is 66.9 Å². The lowest BCUT2D eigenvalue weighted by Crippen LogP contribution is -2.38. The van der Waals surface area contributed by atoms with E-state index >= 15 is 0 Å². The van der Waals surface area contributed by atoms with Crippen LogP contribution in [0.15, 0.2) is 18.5 Å². The molecular weight excluding hydrogens is 192 g/mol. The molecule has 0 radical (unpaired) electrons. The van der Waals surface area contributed by atoms with Gasteiger partial charge in [0.05, 0.1) is 0 Å². The van der Waals surface area contributed by atoms with E-state index in [-0.39, 0.29) is 11.9 Å². The molecule has 2 rings (SSSR count). The largest absolute Gasteiger partial charge is 0.354 e. The van der Waals surface area contributed by atoms with Crippen molar-refractivity contribution in [2.24, 2.45) is 0 Å². The van der Waals surface area contributed by atoms with Crippen LogP contribution in [0.4, 0.5) is 5.95 Å². The Morgan fingerprint density at radius 3 is 2.93 bits per heavy atom. The third-order valence-electron chi connectivity index (χ3n) is 2.40. The van der Waals surface area contributed by atoms with Crippen molar-refractivity contribution in [2.45, 2.75) is 25.3 Å². The summed E-state index contributed by atoms with van der Waals surface area (Å²) in [6.45, 7) is 0.770. The minimum atomic E-state index is -0.199. The van der Waals surface area contributed by atoms with Gasteiger partial charge in [-0.3, -0.25) is 4.79 Å². The molecule has 2 N–H and O–H groups in total. The standard InChI is InChI=1S/C10H14N4O/c15-9-8(4-1-2-5-11-9)14-10-12-6-3-7-13-10/h3,6-8H,1-2,4-5H2,(H,11,15)(H,12,13,14)/t8-/m1/s1. The van der Waals surface area contributed by atoms with E-state index in [9.17, 15) is 4.79 Å². The molecular formula is C10H14N4O. The van der Waals surface area contributed by atoms with Gasteiger partial charge in [0, 0.05) is 18.9 Å². The number of carbonyl (C=O) groups is 1. The van der Waals surface area contributed by atoms with Crippen molar-refractivity contribution in [3.8, 4) is 0 Å². The number of carbonyl (C=O) groups excluding carboxylic acids is 1. The van der Waals surface area contributed by atoms with Crippen molar-refractivity contribution in [2.75, 3.05) is 11.9 Å². The summed E-state index contributed by atoms with van der Waals surface area (Å²) in [5, 5.41) is 5.89. The van der Waals surface area contributed by atoms with E-state index in [1.165, 1.54) is 0 Å². The smallest absolute Gasteiger partial charge is 0.242 e. The van der Waals surface area contributed by atoms with Crippen LogP contribution in [0.5, 0.6) is 0 Å². The number of nitrogens with zero attached hydrogens (tertiary/aromatic N) is 2. The maximum atomic E-state index is 11.6. The first kappa shape index (κ1) is 9.89. The van der Waals surface area contributed by atoms with Crippen LogP contribution in [0, 0.1) is 0 Å². The quantitative estimate of drug-likeness (QED) is 0.742. The Hall–Kier alpha value is -1.65. The highest BCUT2D eigenvalue weighted by atomic mass is 16.2. The Kier molecular flexibility index (Phi) is 3.11. The molecule has 1 aliphatic rings. The van der Waals surface area contributed by atoms with Crippen molar-refractivity contribution in [3.05, 3.63) is 18.5 Å². The third kappa shape index (κ3) is 2.65. The fourth-order valence-electron chi connectivity index (χ4n) is 1.61. The summed E-state index contributed by atoms with van der Waals surface area (Å²) in [5.74, 6) is 0.555. The highest BCUT2D eigenvalue weighted by molar-refractivity contribution is 5.84. The molecule has 0 unspecified atom stereocenters. The number of hydrogen-bond donors (Lipinski definition) is 2. The van der Waals surface area contributed by atoms with Crippen molar-refractivity contribution >= 4 is 11.9 Å². The minimum absolute atomic E-state index is 0.0416. The van der Waals surface area contributed by atoms with Crippen LogP contribution < -0.4 is 10.6 Å². The lowest BCUT2D eigenvalue weighted by atomic mass is 10.1. The van der Waals surface area contributed by atoms with Crippen molar-refractivity contribution in [1.82, 2.24) is 15.3 Å². The average molecular weight is 206 g/mol. The average Bonchev–Trinajstić information content (AvgIpc) is 2.46. The number of anilines is 1. The molecule has 0 saturated carbocycles. The maximum absolute atomic E-state index is 11.6. The lowest BCUT2D eigenvalue weighted by molar-refractivity contribution is -0.121. The van der Waals surface area contributed by atoms with Gasteiger partial charge in [0.1, 0.15) is 6.04 Å². The number of amides is 1. The second-order valence-corrected chi connectivity index (χ2v) is 3.56. The normalized spacial score (nSPS) is 21.6. The molecule has 1 aromatic rings. The first-order valence-corrected chi connectivity index (χ1v) is 5.17. The molecule has 1 amide bonds. The Labute approximate surface area is 88.3 Å². The summed E-state index contributed by atoms with van der Waals surface area (Å²) >= 11 is 0. The van der Waals surface area contributed by atoms with Crippen LogP contribution >= 0.6 is 0 Å². The summed E-state index contributed by atoms with van der Waals surface area (Å²) in [5.41, 5.74) is 0. The van der Waals surface area contributed by atoms with Crippen LogP contribution in [0.25, 0.3) is 0 Å². The molecule has 1 aromatic heterocycles. The van der Waals surface area contributed by atoms with E-state index < -0.39 is 0 Å². The Morgan fingerprint density at radius 2 is 2.13 bits per heavy atom. The predicted molar refractivity (Wildman–Crippen MR) is 56.3 cm³/mol. The van der Waals surface area contributed by atoms with E-state index in [2.05, 4.69) is 20.6 Å². The van der Waals surface area contributed by atoms with Gasteiger partial charge < -0.3 is 10.6 Å². The number of aromatic nitrogens is 2. The first-order valence-electron chi connectivity index (χ1n) is 5.17. The summed E-state index contributed by atoms with van der Waals surface area (Å²) in [7, 11) is 0. The minimum Gasteiger partial charge on any atom is -0.354 e. The van der Waals surface area contributed by atoms with Gasteiger partial charge in [0.15, 0.2) is 0 Å². The van der Waals surface area contributed by atoms with Gasteiger partial charge in [-0.15, -0.1) is 0 Å². The van der Waals surface area contributed by atoms with Gasteiger partial charge in [-0.05, 0) is 25.3 Å². The molecule has 1 atom stereocenters. The van der Waals surface area contributed by atoms with Crippen LogP contribution in [-0.2, 0) is 4.79 Å². The summed E-state index contributed by atoms with van der Waals surface area (Å²) in [4.78, 5) is 19.7. The van der Waals surface area contributed by atoms with Gasteiger partial charge in [0.2, 0.25) is 11.9 Å². The van der Waals surface area contributed by atoms with Crippen LogP contribution in [-0.4, -0.2) is 28.5 Å². The molecule has 0 bridgehead atoms. The molecule has 0 aromatic carbocycles. The fraction of sp³-hybridized carbons (Fsp3) is 0.500. The Morgan fingerprint density at radius 1 is 1.33 bits per heavy atom. The van der Waals surface area contributed by atoms with E-state index in [1.54, 1.807) is 18.5 Å². The van der Waals surface area contributed by atoms with Crippen molar-refractivity contribution < 1.29 is 4.79 Å². The zero-order chi connectivity index (χ0) is 10.5. The molecule has 1 saturated heterocycles. The van der Waals surface area contributed by atoms with E-state index in [0.29, 0.717) is 5.95 Å². The SMILES string of the molecule is O=C1NCCCC[C@H]1Nc1ncccn1. The lowest BCUT2D eigenvalue weighted by Gasteiger charge is -2.14. The molecule has 5 nitrogen and oxygen atoms in total. The molecule has 2 heterocycles. The molecule has 1 fully saturated rings. The van der Waals surface area contributed by atoms with Crippen molar-refractivity contribution in [3.63, 3.8) is 0 Å². The summed E-state index contributed by atoms with van der Waals surface area (Å²) in [6.07, 6.45) is 6.24. The maximum Gasteiger partial charge on any atom is 0.242 e.